The molecule has 0 heterocycles. The minimum Gasteiger partial charge on any atom is -0.496 e. The highest BCUT2D eigenvalue weighted by atomic mass is 32.2. The topological polar surface area (TPSA) is 75.7 Å². The van der Waals surface area contributed by atoms with Gasteiger partial charge >= 0.3 is 0 Å². The van der Waals surface area contributed by atoms with Crippen LogP contribution in [0.1, 0.15) is 16.7 Å². The molecular weight excluding hydrogens is 364 g/mol. The first-order valence-corrected chi connectivity index (χ1v) is 10.5. The third kappa shape index (κ3) is 6.37. The molecule has 6 nitrogen and oxygen atoms in total. The highest BCUT2D eigenvalue weighted by Gasteiger charge is 2.20. The number of carbonyl (C=O) groups excluding carboxylic acids is 1. The number of carbonyl (C=O) groups is 1. The van der Waals surface area contributed by atoms with Crippen molar-refractivity contribution in [1.29, 1.82) is 0 Å². The number of nitrogens with zero attached hydrogens (tertiary/aromatic N) is 1. The van der Waals surface area contributed by atoms with E-state index in [1.54, 1.807) is 7.11 Å². The van der Waals surface area contributed by atoms with Gasteiger partial charge in [-0.1, -0.05) is 42.5 Å². The summed E-state index contributed by atoms with van der Waals surface area (Å²) in [5, 5.41) is 2.79. The van der Waals surface area contributed by atoms with E-state index in [9.17, 15) is 13.2 Å². The van der Waals surface area contributed by atoms with Crippen molar-refractivity contribution in [3.63, 3.8) is 0 Å². The molecule has 0 spiro atoms. The summed E-state index contributed by atoms with van der Waals surface area (Å²) in [6, 6.07) is 15.2. The Morgan fingerprint density at radius 1 is 1.07 bits per heavy atom. The zero-order valence-corrected chi connectivity index (χ0v) is 16.8. The molecule has 0 aliphatic rings. The number of ether oxygens (including phenoxy) is 1. The van der Waals surface area contributed by atoms with Crippen molar-refractivity contribution in [2.24, 2.45) is 0 Å². The van der Waals surface area contributed by atoms with Gasteiger partial charge in [-0.15, -0.1) is 0 Å². The van der Waals surface area contributed by atoms with Gasteiger partial charge in [0.25, 0.3) is 0 Å². The molecule has 0 radical (unpaired) electrons. The summed E-state index contributed by atoms with van der Waals surface area (Å²) in [7, 11) is -1.93. The fraction of sp³-hybridized carbons (Fsp3) is 0.350. The van der Waals surface area contributed by atoms with E-state index in [0.717, 1.165) is 22.9 Å². The monoisotopic (exact) mass is 390 g/mol. The van der Waals surface area contributed by atoms with E-state index in [0.29, 0.717) is 18.7 Å². The van der Waals surface area contributed by atoms with Gasteiger partial charge in [0.1, 0.15) is 5.75 Å². The zero-order chi connectivity index (χ0) is 19.9. The van der Waals surface area contributed by atoms with Gasteiger partial charge in [0.15, 0.2) is 0 Å². The van der Waals surface area contributed by atoms with Crippen molar-refractivity contribution in [2.75, 3.05) is 26.5 Å². The number of sulfonamides is 1. The summed E-state index contributed by atoms with van der Waals surface area (Å²) in [5.41, 5.74) is 2.98. The second-order valence-corrected chi connectivity index (χ2v) is 8.34. The molecule has 1 amide bonds. The third-order valence-electron chi connectivity index (χ3n) is 4.35. The highest BCUT2D eigenvalue weighted by molar-refractivity contribution is 7.88. The largest absolute Gasteiger partial charge is 0.496 e. The van der Waals surface area contributed by atoms with Crippen LogP contribution in [0.3, 0.4) is 0 Å². The van der Waals surface area contributed by atoms with Crippen LogP contribution in [0.15, 0.2) is 48.5 Å². The number of amides is 1. The van der Waals surface area contributed by atoms with Gasteiger partial charge in [-0.05, 0) is 36.1 Å². The highest BCUT2D eigenvalue weighted by Crippen LogP contribution is 2.18. The fourth-order valence-electron chi connectivity index (χ4n) is 2.74. The van der Waals surface area contributed by atoms with Crippen LogP contribution in [0.5, 0.6) is 5.75 Å². The molecule has 0 bridgehead atoms. The Balaban J connectivity index is 1.98. The summed E-state index contributed by atoms with van der Waals surface area (Å²) in [6.45, 7) is 2.34. The predicted octanol–water partition coefficient (Wildman–Crippen LogP) is 2.12. The fourth-order valence-corrected chi connectivity index (χ4v) is 3.51. The standard InChI is InChI=1S/C20H26N2O4S/c1-16-8-4-5-10-18(16)14-21-20(23)15-22(27(3,24)25)13-12-17-9-6-7-11-19(17)26-2/h4-11H,12-15H2,1-3H3,(H,21,23). The molecule has 0 atom stereocenters. The maximum absolute atomic E-state index is 12.3. The lowest BCUT2D eigenvalue weighted by Gasteiger charge is -2.20. The van der Waals surface area contributed by atoms with Crippen molar-refractivity contribution >= 4 is 15.9 Å². The number of aryl methyl sites for hydroxylation is 1. The van der Waals surface area contributed by atoms with Gasteiger partial charge in [-0.2, -0.15) is 4.31 Å². The van der Waals surface area contributed by atoms with E-state index in [-0.39, 0.29) is 19.0 Å². The quantitative estimate of drug-likeness (QED) is 0.712. The van der Waals surface area contributed by atoms with Crippen LogP contribution in [-0.4, -0.2) is 45.1 Å². The van der Waals surface area contributed by atoms with Crippen molar-refractivity contribution in [3.05, 3.63) is 65.2 Å². The van der Waals surface area contributed by atoms with Gasteiger partial charge in [0.05, 0.1) is 19.9 Å². The molecule has 2 aromatic carbocycles. The Hall–Kier alpha value is -2.38. The minimum atomic E-state index is -3.51. The SMILES string of the molecule is COc1ccccc1CCN(CC(=O)NCc1ccccc1C)S(C)(=O)=O. The van der Waals surface area contributed by atoms with Crippen molar-refractivity contribution in [1.82, 2.24) is 9.62 Å². The summed E-state index contributed by atoms with van der Waals surface area (Å²) >= 11 is 0. The second-order valence-electron chi connectivity index (χ2n) is 6.36. The molecule has 0 aromatic heterocycles. The number of rotatable bonds is 9. The molecule has 2 rings (SSSR count). The van der Waals surface area contributed by atoms with E-state index < -0.39 is 10.0 Å². The molecule has 0 saturated heterocycles. The van der Waals surface area contributed by atoms with Crippen LogP contribution < -0.4 is 10.1 Å². The lowest BCUT2D eigenvalue weighted by atomic mass is 10.1. The van der Waals surface area contributed by atoms with E-state index in [4.69, 9.17) is 4.74 Å². The Kier molecular flexibility index (Phi) is 7.38. The van der Waals surface area contributed by atoms with E-state index >= 15 is 0 Å². The van der Waals surface area contributed by atoms with Crippen LogP contribution in [0, 0.1) is 6.92 Å². The normalized spacial score (nSPS) is 11.4. The molecule has 0 fully saturated rings. The molecule has 0 saturated carbocycles. The second kappa shape index (κ2) is 9.53. The number of hydrogen-bond acceptors (Lipinski definition) is 4. The Morgan fingerprint density at radius 2 is 1.70 bits per heavy atom. The van der Waals surface area contributed by atoms with Gasteiger partial charge in [-0.3, -0.25) is 4.79 Å². The summed E-state index contributed by atoms with van der Waals surface area (Å²) in [5.74, 6) is 0.374. The number of hydrogen-bond donors (Lipinski definition) is 1. The molecule has 2 aromatic rings. The first-order chi connectivity index (χ1) is 12.8. The molecule has 1 N–H and O–H groups in total. The van der Waals surface area contributed by atoms with Crippen LogP contribution in [0.4, 0.5) is 0 Å². The maximum Gasteiger partial charge on any atom is 0.235 e. The minimum absolute atomic E-state index is 0.205. The van der Waals surface area contributed by atoms with Crippen LogP contribution in [-0.2, 0) is 27.8 Å². The zero-order valence-electron chi connectivity index (χ0n) is 15.9. The van der Waals surface area contributed by atoms with Gasteiger partial charge < -0.3 is 10.1 Å². The number of benzene rings is 2. The summed E-state index contributed by atoms with van der Waals surface area (Å²) in [6.07, 6.45) is 1.58. The van der Waals surface area contributed by atoms with E-state index in [1.807, 2.05) is 55.5 Å². The lowest BCUT2D eigenvalue weighted by molar-refractivity contribution is -0.121. The van der Waals surface area contributed by atoms with Gasteiger partial charge in [0, 0.05) is 13.1 Å². The van der Waals surface area contributed by atoms with Crippen LogP contribution in [0.2, 0.25) is 0 Å². The number of nitrogens with one attached hydrogen (secondary N) is 1. The van der Waals surface area contributed by atoms with Gasteiger partial charge in [0.2, 0.25) is 15.9 Å². The predicted molar refractivity (Wildman–Crippen MR) is 106 cm³/mol. The molecule has 0 aliphatic carbocycles. The first kappa shape index (κ1) is 20.9. The van der Waals surface area contributed by atoms with Crippen molar-refractivity contribution < 1.29 is 17.9 Å². The van der Waals surface area contributed by atoms with Gasteiger partial charge in [-0.25, -0.2) is 8.42 Å². The summed E-state index contributed by atoms with van der Waals surface area (Å²) in [4.78, 5) is 12.3. The van der Waals surface area contributed by atoms with Crippen LogP contribution >= 0.6 is 0 Å². The smallest absolute Gasteiger partial charge is 0.235 e. The summed E-state index contributed by atoms with van der Waals surface area (Å²) < 4.78 is 30.7. The average molecular weight is 391 g/mol. The maximum atomic E-state index is 12.3. The number of methoxy groups -OCH3 is 1. The van der Waals surface area contributed by atoms with E-state index in [2.05, 4.69) is 5.32 Å². The molecule has 146 valence electrons. The van der Waals surface area contributed by atoms with Crippen molar-refractivity contribution in [2.45, 2.75) is 19.9 Å². The molecule has 0 unspecified atom stereocenters. The van der Waals surface area contributed by atoms with Crippen molar-refractivity contribution in [3.8, 4) is 5.75 Å². The lowest BCUT2D eigenvalue weighted by Crippen LogP contribution is -2.41. The Morgan fingerprint density at radius 3 is 2.33 bits per heavy atom. The molecule has 27 heavy (non-hydrogen) atoms. The molecule has 0 aliphatic heterocycles. The van der Waals surface area contributed by atoms with E-state index in [1.165, 1.54) is 4.31 Å². The molecule has 7 heteroatoms. The Bertz CT molecular complexity index is 881. The molecular formula is C20H26N2O4S. The first-order valence-electron chi connectivity index (χ1n) is 8.69. The Labute approximate surface area is 161 Å². The third-order valence-corrected chi connectivity index (χ3v) is 5.60. The average Bonchev–Trinajstić information content (AvgIpc) is 2.63. The van der Waals surface area contributed by atoms with Crippen LogP contribution in [0.25, 0.3) is 0 Å². The number of para-hydroxylation sites is 1.